The van der Waals surface area contributed by atoms with Crippen LogP contribution in [0.1, 0.15) is 79.3 Å². The maximum Gasteiger partial charge on any atom is 0.0625 e. The number of aryl methyl sites for hydroxylation is 3. The quantitative estimate of drug-likeness (QED) is 0.175. The zero-order chi connectivity index (χ0) is 28.7. The maximum absolute atomic E-state index is 9.14. The van der Waals surface area contributed by atoms with Crippen molar-refractivity contribution in [2.45, 2.75) is 65.2 Å². The average molecular weight is 533 g/mol. The van der Waals surface area contributed by atoms with Gasteiger partial charge >= 0.3 is 0 Å². The van der Waals surface area contributed by atoms with Gasteiger partial charge in [-0.25, -0.2) is 0 Å². The molecule has 0 atom stereocenters. The minimum Gasteiger partial charge on any atom is -0.385 e. The smallest absolute Gasteiger partial charge is 0.0625 e. The summed E-state index contributed by atoms with van der Waals surface area (Å²) in [5.41, 5.74) is 10.1. The molecule has 0 heterocycles. The molecule has 3 rings (SSSR count). The van der Waals surface area contributed by atoms with Gasteiger partial charge in [0.2, 0.25) is 0 Å². The number of hydrogen-bond donors (Lipinski definition) is 3. The third-order valence-corrected chi connectivity index (χ3v) is 6.96. The molecule has 6 nitrogen and oxygen atoms in total. The standard InChI is InChI=1S/C34H40N6/c1-4-38-31-22-25(10-7-19-35)13-16-28(31)34(29-17-14-26(11-8-20-36)23-32(29)39-5-2)30-18-15-27(12-9-21-37)24-33(30)40-6-3/h13-18,22-24,34,38-40H,4-12H2,1-3H3. The Labute approximate surface area is 239 Å². The van der Waals surface area contributed by atoms with Gasteiger partial charge in [0.25, 0.3) is 0 Å². The van der Waals surface area contributed by atoms with Gasteiger partial charge < -0.3 is 16.0 Å². The lowest BCUT2D eigenvalue weighted by molar-refractivity contribution is 0.942. The fourth-order valence-corrected chi connectivity index (χ4v) is 5.17. The number of benzene rings is 3. The first kappa shape index (κ1) is 30.1. The topological polar surface area (TPSA) is 107 Å². The molecule has 40 heavy (non-hydrogen) atoms. The first-order valence-corrected chi connectivity index (χ1v) is 14.3. The fourth-order valence-electron chi connectivity index (χ4n) is 5.17. The van der Waals surface area contributed by atoms with Gasteiger partial charge in [0, 0.05) is 61.9 Å². The predicted molar refractivity (Wildman–Crippen MR) is 165 cm³/mol. The Hall–Kier alpha value is -4.47. The third kappa shape index (κ3) is 7.78. The van der Waals surface area contributed by atoms with Crippen molar-refractivity contribution in [2.75, 3.05) is 35.6 Å². The van der Waals surface area contributed by atoms with Crippen LogP contribution in [0.5, 0.6) is 0 Å². The Bertz CT molecular complexity index is 1220. The van der Waals surface area contributed by atoms with Gasteiger partial charge in [0.1, 0.15) is 0 Å². The van der Waals surface area contributed by atoms with Gasteiger partial charge in [-0.15, -0.1) is 0 Å². The van der Waals surface area contributed by atoms with Gasteiger partial charge in [0.15, 0.2) is 0 Å². The number of hydrogen-bond acceptors (Lipinski definition) is 6. The molecule has 0 saturated heterocycles. The van der Waals surface area contributed by atoms with Crippen molar-refractivity contribution in [1.29, 1.82) is 15.8 Å². The van der Waals surface area contributed by atoms with Crippen LogP contribution in [0.25, 0.3) is 0 Å². The van der Waals surface area contributed by atoms with Crippen LogP contribution >= 0.6 is 0 Å². The molecule has 0 saturated carbocycles. The van der Waals surface area contributed by atoms with E-state index in [1.807, 2.05) is 0 Å². The first-order valence-electron chi connectivity index (χ1n) is 14.3. The molecule has 3 aromatic carbocycles. The summed E-state index contributed by atoms with van der Waals surface area (Å²) in [6.07, 6.45) is 3.60. The average Bonchev–Trinajstić information content (AvgIpc) is 2.97. The maximum atomic E-state index is 9.14. The van der Waals surface area contributed by atoms with E-state index < -0.39 is 0 Å². The van der Waals surface area contributed by atoms with Crippen LogP contribution in [-0.2, 0) is 19.3 Å². The lowest BCUT2D eigenvalue weighted by atomic mass is 9.81. The number of nitriles is 3. The molecule has 0 amide bonds. The van der Waals surface area contributed by atoms with Crippen molar-refractivity contribution in [2.24, 2.45) is 0 Å². The first-order chi connectivity index (χ1) is 19.6. The van der Waals surface area contributed by atoms with Crippen LogP contribution in [0.4, 0.5) is 17.1 Å². The number of anilines is 3. The molecule has 0 fully saturated rings. The summed E-state index contributed by atoms with van der Waals surface area (Å²) in [7, 11) is 0. The van der Waals surface area contributed by atoms with E-state index in [-0.39, 0.29) is 5.92 Å². The summed E-state index contributed by atoms with van der Waals surface area (Å²) >= 11 is 0. The lowest BCUT2D eigenvalue weighted by Gasteiger charge is -2.28. The van der Waals surface area contributed by atoms with Crippen LogP contribution in [-0.4, -0.2) is 19.6 Å². The van der Waals surface area contributed by atoms with E-state index in [1.165, 1.54) is 0 Å². The summed E-state index contributed by atoms with van der Waals surface area (Å²) in [6.45, 7) is 8.64. The zero-order valence-corrected chi connectivity index (χ0v) is 24.0. The van der Waals surface area contributed by atoms with Crippen LogP contribution < -0.4 is 16.0 Å². The molecule has 0 aliphatic heterocycles. The van der Waals surface area contributed by atoms with Crippen molar-refractivity contribution in [3.05, 3.63) is 88.0 Å². The third-order valence-electron chi connectivity index (χ3n) is 6.96. The highest BCUT2D eigenvalue weighted by Gasteiger charge is 2.26. The SMILES string of the molecule is CCNc1cc(CCC#N)ccc1C(c1ccc(CCC#N)cc1NCC)c1ccc(CCC#N)cc1NCC. The van der Waals surface area contributed by atoms with E-state index in [9.17, 15) is 0 Å². The zero-order valence-electron chi connectivity index (χ0n) is 24.0. The molecule has 3 aromatic rings. The van der Waals surface area contributed by atoms with Crippen LogP contribution in [0.3, 0.4) is 0 Å². The molecule has 0 aliphatic rings. The highest BCUT2D eigenvalue weighted by molar-refractivity contribution is 5.70. The highest BCUT2D eigenvalue weighted by Crippen LogP contribution is 2.43. The van der Waals surface area contributed by atoms with Crippen molar-refractivity contribution in [1.82, 2.24) is 0 Å². The monoisotopic (exact) mass is 532 g/mol. The minimum atomic E-state index is -0.0859. The number of rotatable bonds is 15. The van der Waals surface area contributed by atoms with Crippen LogP contribution in [0, 0.1) is 34.0 Å². The molecule has 206 valence electrons. The van der Waals surface area contributed by atoms with E-state index in [4.69, 9.17) is 15.8 Å². The molecule has 0 spiro atoms. The van der Waals surface area contributed by atoms with Gasteiger partial charge in [-0.1, -0.05) is 36.4 Å². The molecular formula is C34H40N6. The summed E-state index contributed by atoms with van der Waals surface area (Å²) in [4.78, 5) is 0. The van der Waals surface area contributed by atoms with Gasteiger partial charge in [-0.05, 0) is 91.6 Å². The van der Waals surface area contributed by atoms with E-state index in [0.717, 1.165) is 70.1 Å². The predicted octanol–water partition coefficient (Wildman–Crippen LogP) is 7.53. The van der Waals surface area contributed by atoms with Crippen molar-refractivity contribution >= 4 is 17.1 Å². The second-order valence-corrected chi connectivity index (χ2v) is 9.76. The van der Waals surface area contributed by atoms with Crippen LogP contribution in [0.15, 0.2) is 54.6 Å². The summed E-state index contributed by atoms with van der Waals surface area (Å²) < 4.78 is 0. The summed E-state index contributed by atoms with van der Waals surface area (Å²) in [5.74, 6) is -0.0859. The number of nitrogens with zero attached hydrogens (tertiary/aromatic N) is 3. The van der Waals surface area contributed by atoms with E-state index in [0.29, 0.717) is 38.5 Å². The highest BCUT2D eigenvalue weighted by atomic mass is 14.9. The van der Waals surface area contributed by atoms with Crippen LogP contribution in [0.2, 0.25) is 0 Å². The van der Waals surface area contributed by atoms with E-state index >= 15 is 0 Å². The van der Waals surface area contributed by atoms with Gasteiger partial charge in [0.05, 0.1) is 18.2 Å². The molecule has 6 heteroatoms. The molecule has 0 radical (unpaired) electrons. The molecule has 0 unspecified atom stereocenters. The van der Waals surface area contributed by atoms with Gasteiger partial charge in [-0.2, -0.15) is 15.8 Å². The van der Waals surface area contributed by atoms with Crippen molar-refractivity contribution < 1.29 is 0 Å². The minimum absolute atomic E-state index is 0.0859. The molecule has 3 N–H and O–H groups in total. The summed E-state index contributed by atoms with van der Waals surface area (Å²) in [6, 6.07) is 26.4. The Balaban J connectivity index is 2.29. The Morgan fingerprint density at radius 3 is 1.07 bits per heavy atom. The molecule has 0 bridgehead atoms. The molecule has 0 aromatic heterocycles. The second kappa shape index (κ2) is 15.8. The summed E-state index contributed by atoms with van der Waals surface area (Å²) in [5, 5.41) is 38.2. The van der Waals surface area contributed by atoms with E-state index in [1.54, 1.807) is 0 Å². The largest absolute Gasteiger partial charge is 0.385 e. The second-order valence-electron chi connectivity index (χ2n) is 9.76. The Kier molecular flexibility index (Phi) is 11.9. The normalized spacial score (nSPS) is 10.4. The van der Waals surface area contributed by atoms with Crippen molar-refractivity contribution in [3.63, 3.8) is 0 Å². The number of nitrogens with one attached hydrogen (secondary N) is 3. The lowest BCUT2D eigenvalue weighted by Crippen LogP contribution is -2.14. The molecular weight excluding hydrogens is 492 g/mol. The Morgan fingerprint density at radius 1 is 0.525 bits per heavy atom. The fraction of sp³-hybridized carbons (Fsp3) is 0.382. The molecule has 0 aliphatic carbocycles. The van der Waals surface area contributed by atoms with Crippen molar-refractivity contribution in [3.8, 4) is 18.2 Å². The Morgan fingerprint density at radius 2 is 0.825 bits per heavy atom. The van der Waals surface area contributed by atoms with E-state index in [2.05, 4.69) is 110 Å². The van der Waals surface area contributed by atoms with Gasteiger partial charge in [-0.3, -0.25) is 0 Å².